The number of carbonyl (C=O) groups is 3. The van der Waals surface area contributed by atoms with Crippen LogP contribution in [-0.2, 0) is 9.53 Å². The van der Waals surface area contributed by atoms with Crippen LogP contribution in [-0.4, -0.2) is 56.9 Å². The molecule has 2 aromatic carbocycles. The maximum Gasteiger partial charge on any atom is 0.412 e. The molecule has 0 unspecified atom stereocenters. The lowest BCUT2D eigenvalue weighted by molar-refractivity contribution is -0.147. The molecule has 0 saturated carbocycles. The minimum absolute atomic E-state index is 0.0603. The van der Waals surface area contributed by atoms with E-state index in [9.17, 15) is 19.5 Å². The fourth-order valence-corrected chi connectivity index (χ4v) is 4.29. The average Bonchev–Trinajstić information content (AvgIpc) is 3.40. The molecule has 0 radical (unpaired) electrons. The van der Waals surface area contributed by atoms with E-state index >= 15 is 0 Å². The molecule has 9 heteroatoms. The van der Waals surface area contributed by atoms with Crippen molar-refractivity contribution < 1.29 is 24.2 Å². The zero-order chi connectivity index (χ0) is 24.5. The molecule has 0 aliphatic heterocycles. The Morgan fingerprint density at radius 1 is 1.09 bits per heavy atom. The van der Waals surface area contributed by atoms with Crippen LogP contribution in [0.15, 0.2) is 54.6 Å². The number of amides is 2. The van der Waals surface area contributed by atoms with E-state index in [1.807, 2.05) is 36.4 Å². The van der Waals surface area contributed by atoms with Crippen LogP contribution in [0.4, 0.5) is 10.6 Å². The summed E-state index contributed by atoms with van der Waals surface area (Å²) in [6.07, 6.45) is -0.703. The van der Waals surface area contributed by atoms with Gasteiger partial charge in [-0.3, -0.25) is 15.2 Å². The highest BCUT2D eigenvalue weighted by Gasteiger charge is 2.38. The van der Waals surface area contributed by atoms with Crippen LogP contribution in [0.1, 0.15) is 48.3 Å². The summed E-state index contributed by atoms with van der Waals surface area (Å²) in [5.41, 5.74) is 3.12. The molecule has 34 heavy (non-hydrogen) atoms. The van der Waals surface area contributed by atoms with Crippen LogP contribution in [0.5, 0.6) is 0 Å². The quantitative estimate of drug-likeness (QED) is 0.486. The van der Waals surface area contributed by atoms with Gasteiger partial charge in [0.1, 0.15) is 17.8 Å². The normalized spacial score (nSPS) is 12.6. The highest BCUT2D eigenvalue weighted by atomic mass is 16.5. The number of likely N-dealkylation sites (N-methyl/N-ethyl adjacent to an activating group) is 1. The van der Waals surface area contributed by atoms with E-state index in [0.717, 1.165) is 22.3 Å². The number of rotatable bonds is 7. The first-order valence-electron chi connectivity index (χ1n) is 11.0. The summed E-state index contributed by atoms with van der Waals surface area (Å²) in [5, 5.41) is 18.5. The predicted molar refractivity (Wildman–Crippen MR) is 126 cm³/mol. The Bertz CT molecular complexity index is 1200. The SMILES string of the molecule is CCN(C(=O)c1cc(NC(=O)OCC2c3ccccc3-c3ccccc32)n[nH]1)C(C)(C)C(=O)O. The van der Waals surface area contributed by atoms with Crippen molar-refractivity contribution in [1.29, 1.82) is 0 Å². The summed E-state index contributed by atoms with van der Waals surface area (Å²) in [7, 11) is 0. The van der Waals surface area contributed by atoms with Crippen molar-refractivity contribution in [2.24, 2.45) is 0 Å². The van der Waals surface area contributed by atoms with E-state index in [1.54, 1.807) is 6.92 Å². The molecule has 176 valence electrons. The molecule has 4 rings (SSSR count). The predicted octanol–water partition coefficient (Wildman–Crippen LogP) is 4.10. The van der Waals surface area contributed by atoms with Gasteiger partial charge in [-0.1, -0.05) is 48.5 Å². The molecule has 0 bridgehead atoms. The second-order valence-electron chi connectivity index (χ2n) is 8.53. The number of aromatic nitrogens is 2. The molecule has 1 heterocycles. The van der Waals surface area contributed by atoms with Crippen molar-refractivity contribution >= 4 is 23.8 Å². The van der Waals surface area contributed by atoms with E-state index in [-0.39, 0.29) is 30.6 Å². The van der Waals surface area contributed by atoms with Crippen LogP contribution in [0.2, 0.25) is 0 Å². The first-order chi connectivity index (χ1) is 16.2. The summed E-state index contributed by atoms with van der Waals surface area (Å²) < 4.78 is 5.49. The first-order valence-corrected chi connectivity index (χ1v) is 11.0. The Hall–Kier alpha value is -4.14. The molecule has 9 nitrogen and oxygen atoms in total. The number of anilines is 1. The molecule has 0 spiro atoms. The monoisotopic (exact) mass is 462 g/mol. The van der Waals surface area contributed by atoms with Crippen molar-refractivity contribution in [3.05, 3.63) is 71.4 Å². The largest absolute Gasteiger partial charge is 0.480 e. The number of hydrogen-bond donors (Lipinski definition) is 3. The van der Waals surface area contributed by atoms with Gasteiger partial charge in [0, 0.05) is 18.5 Å². The number of benzene rings is 2. The number of nitrogens with zero attached hydrogens (tertiary/aromatic N) is 2. The van der Waals surface area contributed by atoms with Gasteiger partial charge in [-0.15, -0.1) is 0 Å². The van der Waals surface area contributed by atoms with Crippen molar-refractivity contribution in [3.8, 4) is 11.1 Å². The molecule has 0 atom stereocenters. The van der Waals surface area contributed by atoms with Gasteiger partial charge in [0.25, 0.3) is 5.91 Å². The summed E-state index contributed by atoms with van der Waals surface area (Å²) >= 11 is 0. The summed E-state index contributed by atoms with van der Waals surface area (Å²) in [6.45, 7) is 4.92. The molecule has 2 amide bonds. The van der Waals surface area contributed by atoms with Gasteiger partial charge in [-0.2, -0.15) is 5.10 Å². The Balaban J connectivity index is 1.42. The number of aromatic amines is 1. The smallest absolute Gasteiger partial charge is 0.412 e. The van der Waals surface area contributed by atoms with Gasteiger partial charge in [-0.05, 0) is 43.0 Å². The van der Waals surface area contributed by atoms with Crippen LogP contribution in [0.25, 0.3) is 11.1 Å². The highest BCUT2D eigenvalue weighted by molar-refractivity contribution is 5.97. The lowest BCUT2D eigenvalue weighted by atomic mass is 9.98. The molecule has 1 aliphatic carbocycles. The lowest BCUT2D eigenvalue weighted by Crippen LogP contribution is -2.53. The van der Waals surface area contributed by atoms with Crippen molar-refractivity contribution in [2.75, 3.05) is 18.5 Å². The molecule has 0 saturated heterocycles. The number of carboxylic acid groups (broad SMARTS) is 1. The lowest BCUT2D eigenvalue weighted by Gasteiger charge is -2.33. The molecule has 3 aromatic rings. The fourth-order valence-electron chi connectivity index (χ4n) is 4.29. The van der Waals surface area contributed by atoms with E-state index in [0.29, 0.717) is 0 Å². The maximum absolute atomic E-state index is 12.8. The average molecular weight is 463 g/mol. The van der Waals surface area contributed by atoms with Crippen molar-refractivity contribution in [1.82, 2.24) is 15.1 Å². The van der Waals surface area contributed by atoms with Gasteiger partial charge in [0.2, 0.25) is 0 Å². The van der Waals surface area contributed by atoms with Gasteiger partial charge in [-0.25, -0.2) is 9.59 Å². The maximum atomic E-state index is 12.8. The zero-order valence-corrected chi connectivity index (χ0v) is 19.2. The van der Waals surface area contributed by atoms with Crippen LogP contribution < -0.4 is 5.32 Å². The van der Waals surface area contributed by atoms with Crippen LogP contribution in [0.3, 0.4) is 0 Å². The number of H-pyrrole nitrogens is 1. The van der Waals surface area contributed by atoms with Crippen LogP contribution >= 0.6 is 0 Å². The third-order valence-corrected chi connectivity index (χ3v) is 6.14. The van der Waals surface area contributed by atoms with E-state index in [2.05, 4.69) is 27.6 Å². The summed E-state index contributed by atoms with van der Waals surface area (Å²) in [5.74, 6) is -1.64. The third-order valence-electron chi connectivity index (χ3n) is 6.14. The van der Waals surface area contributed by atoms with Gasteiger partial charge in [0.05, 0.1) is 0 Å². The number of hydrogen-bond acceptors (Lipinski definition) is 5. The van der Waals surface area contributed by atoms with Crippen molar-refractivity contribution in [3.63, 3.8) is 0 Å². The zero-order valence-electron chi connectivity index (χ0n) is 19.2. The van der Waals surface area contributed by atoms with Gasteiger partial charge >= 0.3 is 12.1 Å². The second-order valence-corrected chi connectivity index (χ2v) is 8.53. The van der Waals surface area contributed by atoms with Crippen LogP contribution in [0, 0.1) is 0 Å². The molecule has 0 fully saturated rings. The minimum atomic E-state index is -1.41. The summed E-state index contributed by atoms with van der Waals surface area (Å²) in [6, 6.07) is 17.4. The topological polar surface area (TPSA) is 125 Å². The Kier molecular flexibility index (Phi) is 6.10. The molecule has 1 aromatic heterocycles. The van der Waals surface area contributed by atoms with E-state index < -0.39 is 23.5 Å². The Morgan fingerprint density at radius 3 is 2.24 bits per heavy atom. The number of carbonyl (C=O) groups excluding carboxylic acids is 2. The van der Waals surface area contributed by atoms with Gasteiger partial charge < -0.3 is 14.7 Å². The third kappa shape index (κ3) is 4.12. The second kappa shape index (κ2) is 9.01. The number of ether oxygens (including phenoxy) is 1. The number of fused-ring (bicyclic) bond motifs is 3. The number of carboxylic acids is 1. The molecule has 1 aliphatic rings. The molecular formula is C25H26N4O5. The highest BCUT2D eigenvalue weighted by Crippen LogP contribution is 2.44. The number of nitrogens with one attached hydrogen (secondary N) is 2. The Morgan fingerprint density at radius 2 is 1.68 bits per heavy atom. The standard InChI is InChI=1S/C25H26N4O5/c1-4-29(25(2,3)23(31)32)22(30)20-13-21(28-27-20)26-24(33)34-14-19-17-11-7-5-9-15(17)16-10-6-8-12-18(16)19/h5-13,19H,4,14H2,1-3H3,(H,31,32)(H2,26,27,28,33). The van der Waals surface area contributed by atoms with E-state index in [4.69, 9.17) is 4.74 Å². The van der Waals surface area contributed by atoms with Crippen molar-refractivity contribution in [2.45, 2.75) is 32.2 Å². The van der Waals surface area contributed by atoms with E-state index in [1.165, 1.54) is 24.8 Å². The van der Waals surface area contributed by atoms with Gasteiger partial charge in [0.15, 0.2) is 5.82 Å². The Labute approximate surface area is 196 Å². The number of aliphatic carboxylic acids is 1. The molecular weight excluding hydrogens is 436 g/mol. The molecule has 3 N–H and O–H groups in total. The fraction of sp³-hybridized carbons (Fsp3) is 0.280. The minimum Gasteiger partial charge on any atom is -0.480 e. The first kappa shape index (κ1) is 23.0. The summed E-state index contributed by atoms with van der Waals surface area (Å²) in [4.78, 5) is 38.0.